The van der Waals surface area contributed by atoms with Crippen LogP contribution < -0.4 is 9.80 Å². The third-order valence-corrected chi connectivity index (χ3v) is 9.13. The summed E-state index contributed by atoms with van der Waals surface area (Å²) in [7, 11) is 0. The Bertz CT molecular complexity index is 1600. The zero-order valence-corrected chi connectivity index (χ0v) is 28.2. The standard InChI is InChI=1S/C38H44N6O4/c1-23(2)47-37(45)31-7-5-19-39-33(31)43-21-17-29(35(43)41-27-13-14-27)25-9-11-26(12-10-25)30-18-22-44(36(30)42-28-15-16-28)34-32(8-6-20-40-34)38(46)48-24(3)4/h5-12,19-20,23-24,27-30H,13-18,21-22H2,1-4H3/t29-,30?/m1/s1. The first-order valence-electron chi connectivity index (χ1n) is 17.4. The molecule has 3 aromatic rings. The van der Waals surface area contributed by atoms with Crippen LogP contribution in [-0.4, -0.2) is 71.0 Å². The molecule has 1 unspecified atom stereocenters. The molecular formula is C38H44N6O4. The summed E-state index contributed by atoms with van der Waals surface area (Å²) < 4.78 is 11.1. The highest BCUT2D eigenvalue weighted by Gasteiger charge is 2.39. The quantitative estimate of drug-likeness (QED) is 0.223. The molecule has 250 valence electrons. The van der Waals surface area contributed by atoms with Crippen molar-refractivity contribution in [2.24, 2.45) is 9.98 Å². The van der Waals surface area contributed by atoms with E-state index in [9.17, 15) is 9.59 Å². The molecule has 2 aliphatic carbocycles. The van der Waals surface area contributed by atoms with Gasteiger partial charge in [0, 0.05) is 37.3 Å². The lowest BCUT2D eigenvalue weighted by Crippen LogP contribution is -2.30. The van der Waals surface area contributed by atoms with Crippen LogP contribution in [0.1, 0.15) is 110 Å². The van der Waals surface area contributed by atoms with E-state index in [2.05, 4.69) is 44.0 Å². The van der Waals surface area contributed by atoms with Gasteiger partial charge in [-0.1, -0.05) is 24.3 Å². The molecule has 7 rings (SSSR count). The molecule has 48 heavy (non-hydrogen) atoms. The number of pyridine rings is 2. The van der Waals surface area contributed by atoms with Crippen LogP contribution in [0.3, 0.4) is 0 Å². The molecule has 1 aromatic carbocycles. The number of aliphatic imine (C=N–C) groups is 2. The van der Waals surface area contributed by atoms with Gasteiger partial charge in [0.15, 0.2) is 0 Å². The fraction of sp³-hybridized carbons (Fsp3) is 0.474. The van der Waals surface area contributed by atoms with Gasteiger partial charge in [0.25, 0.3) is 0 Å². The number of hydrogen-bond acceptors (Lipinski definition) is 8. The number of hydrogen-bond donors (Lipinski definition) is 0. The maximum atomic E-state index is 13.0. The summed E-state index contributed by atoms with van der Waals surface area (Å²) in [5.74, 6) is 2.63. The molecule has 10 heteroatoms. The van der Waals surface area contributed by atoms with E-state index in [1.165, 1.54) is 11.1 Å². The molecule has 2 aliphatic heterocycles. The second kappa shape index (κ2) is 13.5. The van der Waals surface area contributed by atoms with Crippen LogP contribution in [0.25, 0.3) is 0 Å². The van der Waals surface area contributed by atoms with Crippen molar-refractivity contribution in [3.63, 3.8) is 0 Å². The van der Waals surface area contributed by atoms with Crippen molar-refractivity contribution < 1.29 is 19.1 Å². The van der Waals surface area contributed by atoms with Crippen LogP contribution in [0.15, 0.2) is 70.9 Å². The van der Waals surface area contributed by atoms with Crippen LogP contribution in [0.2, 0.25) is 0 Å². The monoisotopic (exact) mass is 648 g/mol. The highest BCUT2D eigenvalue weighted by molar-refractivity contribution is 6.09. The van der Waals surface area contributed by atoms with E-state index in [0.717, 1.165) is 63.3 Å². The molecule has 2 saturated carbocycles. The van der Waals surface area contributed by atoms with Crippen LogP contribution >= 0.6 is 0 Å². The molecule has 0 amide bonds. The number of carbonyl (C=O) groups excluding carboxylic acids is 2. The fourth-order valence-electron chi connectivity index (χ4n) is 6.60. The molecule has 0 spiro atoms. The summed E-state index contributed by atoms with van der Waals surface area (Å²) in [6.07, 6.45) is 9.11. The number of aromatic nitrogens is 2. The third-order valence-electron chi connectivity index (χ3n) is 9.13. The van der Waals surface area contributed by atoms with E-state index in [0.29, 0.717) is 34.8 Å². The van der Waals surface area contributed by atoms with E-state index >= 15 is 0 Å². The van der Waals surface area contributed by atoms with Gasteiger partial charge in [-0.2, -0.15) is 0 Å². The summed E-state index contributed by atoms with van der Waals surface area (Å²) in [5, 5.41) is 0. The minimum atomic E-state index is -0.365. The molecule has 0 radical (unpaired) electrons. The number of carbonyl (C=O) groups is 2. The van der Waals surface area contributed by atoms with Crippen molar-refractivity contribution in [3.8, 4) is 0 Å². The Labute approximate surface area is 282 Å². The SMILES string of the molecule is CC(C)OC(=O)c1cccnc1N1CCC(c2ccc([C@H]3CCN(c4ncccc4C(=O)OC(C)C)C3=NC3CC3)cc2)C1=NC1CC1. The van der Waals surface area contributed by atoms with Crippen molar-refractivity contribution >= 4 is 35.2 Å². The second-order valence-corrected chi connectivity index (χ2v) is 13.7. The van der Waals surface area contributed by atoms with E-state index in [1.54, 1.807) is 36.7 Å². The Balaban J connectivity index is 1.15. The van der Waals surface area contributed by atoms with Crippen molar-refractivity contribution in [1.82, 2.24) is 9.97 Å². The van der Waals surface area contributed by atoms with Crippen LogP contribution in [0.4, 0.5) is 11.6 Å². The average molecular weight is 649 g/mol. The van der Waals surface area contributed by atoms with Gasteiger partial charge in [0.2, 0.25) is 0 Å². The highest BCUT2D eigenvalue weighted by Crippen LogP contribution is 2.40. The molecule has 10 nitrogen and oxygen atoms in total. The van der Waals surface area contributed by atoms with Crippen molar-refractivity contribution in [2.75, 3.05) is 22.9 Å². The van der Waals surface area contributed by atoms with Crippen molar-refractivity contribution in [1.29, 1.82) is 0 Å². The summed E-state index contributed by atoms with van der Waals surface area (Å²) >= 11 is 0. The lowest BCUT2D eigenvalue weighted by atomic mass is 9.91. The van der Waals surface area contributed by atoms with Crippen molar-refractivity contribution in [3.05, 3.63) is 83.2 Å². The molecule has 4 heterocycles. The number of nitrogens with zero attached hydrogens (tertiary/aromatic N) is 6. The predicted octanol–water partition coefficient (Wildman–Crippen LogP) is 6.72. The largest absolute Gasteiger partial charge is 0.459 e. The Morgan fingerprint density at radius 1 is 0.646 bits per heavy atom. The first-order chi connectivity index (χ1) is 23.3. The van der Waals surface area contributed by atoms with E-state index in [-0.39, 0.29) is 36.0 Å². The number of benzene rings is 1. The maximum Gasteiger partial charge on any atom is 0.342 e. The number of esters is 2. The molecule has 2 aromatic heterocycles. The Morgan fingerprint density at radius 3 is 1.40 bits per heavy atom. The molecule has 0 bridgehead atoms. The maximum absolute atomic E-state index is 13.0. The van der Waals surface area contributed by atoms with E-state index in [1.807, 2.05) is 27.7 Å². The Morgan fingerprint density at radius 2 is 1.04 bits per heavy atom. The van der Waals surface area contributed by atoms with E-state index < -0.39 is 0 Å². The molecule has 2 atom stereocenters. The Hall–Kier alpha value is -4.60. The summed E-state index contributed by atoms with van der Waals surface area (Å²) in [6.45, 7) is 8.86. The van der Waals surface area contributed by atoms with Crippen LogP contribution in [0, 0.1) is 0 Å². The van der Waals surface area contributed by atoms with Gasteiger partial charge in [-0.05, 0) is 102 Å². The first-order valence-corrected chi connectivity index (χ1v) is 17.4. The number of amidine groups is 2. The molecule has 0 N–H and O–H groups in total. The zero-order valence-electron chi connectivity index (χ0n) is 28.2. The van der Waals surface area contributed by atoms with Gasteiger partial charge < -0.3 is 19.3 Å². The number of rotatable bonds is 10. The lowest BCUT2D eigenvalue weighted by Gasteiger charge is -2.24. The predicted molar refractivity (Wildman–Crippen MR) is 186 cm³/mol. The number of anilines is 2. The molecule has 4 fully saturated rings. The average Bonchev–Trinajstić information content (AvgIpc) is 3.99. The van der Waals surface area contributed by atoms with Crippen LogP contribution in [-0.2, 0) is 9.47 Å². The minimum absolute atomic E-state index is 0.0957. The Kier molecular flexibility index (Phi) is 8.98. The molecule has 4 aliphatic rings. The summed E-state index contributed by atoms with van der Waals surface area (Å²) in [4.78, 5) is 50.0. The smallest absolute Gasteiger partial charge is 0.342 e. The number of ether oxygens (including phenoxy) is 2. The summed E-state index contributed by atoms with van der Waals surface area (Å²) in [5.41, 5.74) is 3.32. The van der Waals surface area contributed by atoms with Crippen molar-refractivity contribution in [2.45, 2.75) is 102 Å². The van der Waals surface area contributed by atoms with Gasteiger partial charge in [-0.15, -0.1) is 0 Å². The third kappa shape index (κ3) is 6.84. The van der Waals surface area contributed by atoms with E-state index in [4.69, 9.17) is 19.5 Å². The van der Waals surface area contributed by atoms with Gasteiger partial charge in [0.1, 0.15) is 34.4 Å². The van der Waals surface area contributed by atoms with Crippen LogP contribution in [0.5, 0.6) is 0 Å². The molecular weight excluding hydrogens is 604 g/mol. The van der Waals surface area contributed by atoms with Gasteiger partial charge in [-0.3, -0.25) is 9.98 Å². The normalized spacial score (nSPS) is 22.7. The minimum Gasteiger partial charge on any atom is -0.459 e. The zero-order chi connectivity index (χ0) is 33.4. The molecule has 2 saturated heterocycles. The lowest BCUT2D eigenvalue weighted by molar-refractivity contribution is 0.0367. The van der Waals surface area contributed by atoms with Gasteiger partial charge in [0.05, 0.1) is 24.3 Å². The highest BCUT2D eigenvalue weighted by atomic mass is 16.5. The van der Waals surface area contributed by atoms with Gasteiger partial charge in [-0.25, -0.2) is 19.6 Å². The fourth-order valence-corrected chi connectivity index (χ4v) is 6.60. The summed E-state index contributed by atoms with van der Waals surface area (Å²) in [6, 6.07) is 16.7. The van der Waals surface area contributed by atoms with Gasteiger partial charge >= 0.3 is 11.9 Å². The topological polar surface area (TPSA) is 110 Å². The second-order valence-electron chi connectivity index (χ2n) is 13.7. The first kappa shape index (κ1) is 32.0.